The second-order valence-corrected chi connectivity index (χ2v) is 34.2. The molecule has 12 rings (SSSR count). The van der Waals surface area contributed by atoms with E-state index in [1.165, 1.54) is 32.5 Å². The summed E-state index contributed by atoms with van der Waals surface area (Å²) in [6, 6.07) is 0. The molecule has 582 valence electrons. The average molecular weight is 2980 g/mol. The van der Waals surface area contributed by atoms with Crippen molar-refractivity contribution in [1.29, 1.82) is 0 Å². The van der Waals surface area contributed by atoms with E-state index in [1.54, 1.807) is 82.4 Å². The number of ketones is 3. The molecule has 3 saturated heterocycles. The maximum absolute atomic E-state index is 14.3. The Morgan fingerprint density at radius 2 is 0.785 bits per heavy atom. The molecule has 25 nitrogen and oxygen atoms in total. The maximum atomic E-state index is 14.3. The van der Waals surface area contributed by atoms with Gasteiger partial charge in [-0.2, -0.15) is 0 Å². The first-order chi connectivity index (χ1) is 45.8. The van der Waals surface area contributed by atoms with E-state index in [0.717, 1.165) is 6.92 Å². The van der Waals surface area contributed by atoms with Crippen molar-refractivity contribution in [2.24, 2.45) is 56.2 Å². The number of Topliss-reactive ketones (excluding diaryl/α,β-unsaturated/α-hetero) is 3. The molecule has 12 aliphatic rings. The van der Waals surface area contributed by atoms with Crippen LogP contribution in [0.3, 0.4) is 0 Å². The van der Waals surface area contributed by atoms with Gasteiger partial charge < -0.3 is 96.2 Å². The molecule has 26 atom stereocenters. The smallest absolute Gasteiger partial charge is 1.00 e. The summed E-state index contributed by atoms with van der Waals surface area (Å²) in [5.74, 6) is -7.92. The molecule has 0 unspecified atom stereocenters. The van der Waals surface area contributed by atoms with Gasteiger partial charge in [0.25, 0.3) is 0 Å². The second kappa shape index (κ2) is 40.6. The summed E-state index contributed by atoms with van der Waals surface area (Å²) in [5.41, 5.74) is -16.9. The van der Waals surface area contributed by atoms with Crippen LogP contribution in [0.25, 0.3) is 0 Å². The third-order valence-electron chi connectivity index (χ3n) is 26.5. The van der Waals surface area contributed by atoms with Crippen LogP contribution in [0.15, 0.2) is 33.4 Å². The van der Waals surface area contributed by atoms with Gasteiger partial charge in [-0.1, -0.05) is 90.2 Å². The Labute approximate surface area is 898 Å². The summed E-state index contributed by atoms with van der Waals surface area (Å²) in [6.07, 6.45) is -13.7. The fourth-order valence-electron chi connectivity index (χ4n) is 20.6. The molecule has 13 N–H and O–H groups in total. The summed E-state index contributed by atoms with van der Waals surface area (Å²) in [7, 11) is 0. The van der Waals surface area contributed by atoms with Gasteiger partial charge in [0.1, 0.15) is 70.2 Å². The van der Waals surface area contributed by atoms with Gasteiger partial charge in [-0.05, 0) is 116 Å². The number of aliphatic hydroxyl groups is 13. The van der Waals surface area contributed by atoms with Crippen LogP contribution in [0.5, 0.6) is 0 Å². The average Bonchev–Trinajstić information content (AvgIpc) is 0.686. The fraction of sp³-hybridized carbons (Fsp3) is 0.800. The Morgan fingerprint density at radius 1 is 0.505 bits per heavy atom. The van der Waals surface area contributed by atoms with E-state index in [1.807, 2.05) is 9.24 Å². The molecule has 0 spiro atoms. The molecule has 9 aliphatic carbocycles. The number of thiocarbonyl (C=S) groups is 3. The Kier molecular flexibility index (Phi) is 42.5. The van der Waals surface area contributed by atoms with Gasteiger partial charge >= 0.3 is 47.5 Å². The molecular formula is C70H102Ac6INaO25S4. The third-order valence-corrected chi connectivity index (χ3v) is 27.9. The predicted molar refractivity (Wildman–Crippen MR) is 380 cm³/mol. The normalized spacial score (nSPS) is 44.0. The minimum atomic E-state index is -1.95. The Bertz CT molecular complexity index is 3530. The van der Waals surface area contributed by atoms with Crippen LogP contribution in [0.2, 0.25) is 0 Å². The van der Waals surface area contributed by atoms with E-state index in [4.69, 9.17) is 40.6 Å². The number of rotatable bonds is 4. The van der Waals surface area contributed by atoms with Crippen LogP contribution in [0, 0.1) is 321 Å². The number of ether oxygens (including phenoxy) is 6. The van der Waals surface area contributed by atoms with Crippen LogP contribution in [-0.4, -0.2) is 254 Å². The first-order valence-electron chi connectivity index (χ1n) is 33.5. The second-order valence-electron chi connectivity index (χ2n) is 32.0. The van der Waals surface area contributed by atoms with Crippen molar-refractivity contribution in [3.63, 3.8) is 0 Å². The zero-order valence-corrected chi connectivity index (χ0v) is 100.0. The number of carbonyl (C=O) groups excluding carboxylic acids is 6. The van der Waals surface area contributed by atoms with Gasteiger partial charge in [0.15, 0.2) is 17.3 Å². The van der Waals surface area contributed by atoms with Gasteiger partial charge in [-0.3, -0.25) is 28.8 Å². The Hall–Kier alpha value is 7.04. The summed E-state index contributed by atoms with van der Waals surface area (Å²) >= 11 is 17.0. The van der Waals surface area contributed by atoms with Crippen molar-refractivity contribution < 1.29 is 419 Å². The SMILES string of the molecule is CC(=O)O[C@H]1[C@@H]2[C@]3(O)CO[C@@H]3CC[C@@]2(C)C(=O)[C@H](O)C2=C(C)[C@@H](O)C[C@]1(O)C2(C)C.CC(=O)O[C@H]1[C@@H]2[C@]3(O)CO[C@@H]3C[C@H](O)[C@@]2(C)C(=O)[C@H](O)C2=C(C)[C@@H](O)C[C@]1(O)C2(C)C.CI.CSC(=S)[C@H]1C[C@H]2OC[C@@]2(O)[C@H]2[C@H](OC(C)=O)[C@]3(O)C[C@H](O)C(C)=C([C@@H](O)C(=O)[C@]12C)C3(C)C.S=C=S.[Ac].[Ac].[Ac].[Ac].[Ac].[Ac].[H-].[Na+]. The van der Waals surface area contributed by atoms with Crippen LogP contribution < -0.4 is 29.6 Å². The maximum Gasteiger partial charge on any atom is 1.00 e. The minimum absolute atomic E-state index is 0. The number of alkyl halides is 1. The number of aliphatic hydroxyl groups excluding tert-OH is 7. The van der Waals surface area contributed by atoms with Gasteiger partial charge in [0.05, 0.1) is 72.2 Å². The molecule has 37 heteroatoms. The third kappa shape index (κ3) is 17.9. The van der Waals surface area contributed by atoms with Crippen LogP contribution in [0.4, 0.5) is 0 Å². The number of hydrogen-bond donors (Lipinski definition) is 13. The fourth-order valence-corrected chi connectivity index (χ4v) is 21.6. The van der Waals surface area contributed by atoms with E-state index in [9.17, 15) is 95.2 Å². The van der Waals surface area contributed by atoms with Gasteiger partial charge in [0.2, 0.25) is 0 Å². The van der Waals surface area contributed by atoms with E-state index in [2.05, 4.69) is 47.0 Å². The standard InChI is InChI=1S/C24H34O8S2.C22H32O9.C22H32O8.CH3I.CS2.6Ac.Na.H/c1-10-13(26)8-24(30)19(32-11(2)25)17-22(5,18(28)16(27)15(10)21(24,3)4)12(20(33)34-6)7-14-23(17,29)9-31-14;1-9-11(24)7-22(29)18(31-10(2)23)16-20(5,12(25)6-13-21(16,28)8-30-13)17(27)15(26)14(9)19(22,3)4;1-10-12(24)8-22(28)18(30-11(2)23)16-20(5,7-6-13-21(16,27)9-29-13)17(26)15(25)14(10)19(22,3)4;1-2;2-1-3;;;;;;;;/h12-14,16-17,19,26-27,29-30H,7-9H2,1-6H3;11-13,15-16,18,24-26,28-29H,6-8H2,1-5H3;12-13,15-16,18,24-25,27-28H,6-9H2,1-5H3;1H3;;;;;;;;;/q;;;;;;;;;;;+1;-1/t12-,13+,14-,16-,17+,19+,22-,23+,24-;11-,12-,13+,15+,16-,18-,20+,21-,22+;12-,13+,15+,16-,18-,20+,21-,22+;;;;;;;;;;/m100........../s1. The first kappa shape index (κ1) is 112. The number of hydrogen-bond acceptors (Lipinski definition) is 29. The minimum Gasteiger partial charge on any atom is -1.00 e. The molecule has 3 heterocycles. The Morgan fingerprint density at radius 3 is 1.08 bits per heavy atom. The molecule has 9 fully saturated rings. The van der Waals surface area contributed by atoms with Gasteiger partial charge in [-0.25, -0.2) is 0 Å². The Balaban J connectivity index is 0.00000149. The van der Waals surface area contributed by atoms with Gasteiger partial charge in [-0.15, -0.1) is 11.8 Å². The van der Waals surface area contributed by atoms with E-state index < -0.39 is 204 Å². The van der Waals surface area contributed by atoms with Crippen molar-refractivity contribution >= 4 is 115 Å². The number of carbonyl (C=O) groups is 6. The number of halogens is 1. The zero-order valence-electron chi connectivity index (χ0n) is 65.1. The number of esters is 3. The largest absolute Gasteiger partial charge is 1.00 e. The summed E-state index contributed by atoms with van der Waals surface area (Å²) in [5, 5.41) is 149. The molecule has 0 amide bonds. The molecular weight excluding hydrogens is 2880 g/mol. The summed E-state index contributed by atoms with van der Waals surface area (Å²) < 4.78 is 36.3. The number of fused-ring (bicyclic) bond motifs is 15. The van der Waals surface area contributed by atoms with Crippen LogP contribution in [-0.2, 0) is 57.2 Å². The van der Waals surface area contributed by atoms with E-state index in [-0.39, 0.29) is 364 Å². The number of thioether (sulfide) groups is 1. The molecule has 0 aromatic rings. The van der Waals surface area contributed by atoms with Crippen LogP contribution >= 0.6 is 71.0 Å². The zero-order chi connectivity index (χ0) is 76.0. The van der Waals surface area contributed by atoms with Crippen molar-refractivity contribution in [3.8, 4) is 0 Å². The van der Waals surface area contributed by atoms with Gasteiger partial charge in [0, 0.05) is 366 Å². The molecule has 3 aliphatic heterocycles. The molecule has 107 heavy (non-hydrogen) atoms. The van der Waals surface area contributed by atoms with E-state index >= 15 is 0 Å². The van der Waals surface area contributed by atoms with Crippen molar-refractivity contribution in [2.75, 3.05) is 31.0 Å². The van der Waals surface area contributed by atoms with Crippen molar-refractivity contribution in [3.05, 3.63) is 33.4 Å². The molecule has 6 radical (unpaired) electrons. The predicted octanol–water partition coefficient (Wildman–Crippen LogP) is -0.188. The summed E-state index contributed by atoms with van der Waals surface area (Å²) in [6.45, 7) is 22.7. The molecule has 6 saturated carbocycles. The molecule has 0 aromatic heterocycles. The monoisotopic (exact) mass is 2980 g/mol. The topological polar surface area (TPSA) is 421 Å². The quantitative estimate of drug-likeness (QED) is 0.0330. The molecule has 6 bridgehead atoms. The van der Waals surface area contributed by atoms with Crippen molar-refractivity contribution in [1.82, 2.24) is 0 Å². The first-order valence-corrected chi connectivity index (χ1v) is 38.1. The molecule has 0 aromatic carbocycles. The van der Waals surface area contributed by atoms with Crippen molar-refractivity contribution in [2.45, 2.75) is 262 Å². The summed E-state index contributed by atoms with van der Waals surface area (Å²) in [4.78, 5) is 80.4. The van der Waals surface area contributed by atoms with E-state index in [0.29, 0.717) is 33.8 Å². The van der Waals surface area contributed by atoms with Crippen LogP contribution in [0.1, 0.15) is 150 Å².